The van der Waals surface area contributed by atoms with E-state index in [1.165, 1.54) is 7.11 Å². The van der Waals surface area contributed by atoms with Gasteiger partial charge in [-0.05, 0) is 22.8 Å². The Hall–Kier alpha value is -2.17. The lowest BCUT2D eigenvalue weighted by atomic mass is 10.1. The van der Waals surface area contributed by atoms with Crippen molar-refractivity contribution in [2.24, 2.45) is 0 Å². The Morgan fingerprint density at radius 2 is 1.71 bits per heavy atom. The van der Waals surface area contributed by atoms with Crippen LogP contribution < -0.4 is 5.32 Å². The van der Waals surface area contributed by atoms with Crippen LogP contribution in [0.4, 0.5) is 0 Å². The number of carbonyl (C=O) groups is 1. The Bertz CT molecular complexity index is 593. The second kappa shape index (κ2) is 7.57. The molecule has 0 heterocycles. The second-order valence-corrected chi connectivity index (χ2v) is 4.73. The van der Waals surface area contributed by atoms with Crippen LogP contribution in [0, 0.1) is 0 Å². The second-order valence-electron chi connectivity index (χ2n) is 4.73. The molecule has 0 fully saturated rings. The van der Waals surface area contributed by atoms with E-state index in [1.54, 1.807) is 6.07 Å². The highest BCUT2D eigenvalue weighted by Crippen LogP contribution is 2.10. The number of aliphatic hydroxyl groups is 1. The number of methoxy groups -OCH3 is 1. The van der Waals surface area contributed by atoms with Gasteiger partial charge < -0.3 is 15.2 Å². The first kappa shape index (κ1) is 15.2. The molecule has 0 saturated carbocycles. The Balaban J connectivity index is 1.95. The van der Waals surface area contributed by atoms with E-state index < -0.39 is 0 Å². The van der Waals surface area contributed by atoms with E-state index in [-0.39, 0.29) is 12.6 Å². The summed E-state index contributed by atoms with van der Waals surface area (Å²) in [6.45, 7) is 1.34. The minimum absolute atomic E-state index is 0.0558. The highest BCUT2D eigenvalue weighted by atomic mass is 16.5. The average molecular weight is 285 g/mol. The van der Waals surface area contributed by atoms with Crippen molar-refractivity contribution in [3.05, 3.63) is 70.8 Å². The number of aliphatic hydroxyl groups excluding tert-OH is 1. The lowest BCUT2D eigenvalue weighted by Gasteiger charge is -2.09. The SMILES string of the molecule is COC(=O)c1ccccc1CNCc1ccc(CO)cc1. The van der Waals surface area contributed by atoms with Crippen LogP contribution in [0.15, 0.2) is 48.5 Å². The number of carbonyl (C=O) groups excluding carboxylic acids is 1. The van der Waals surface area contributed by atoms with Gasteiger partial charge in [-0.1, -0.05) is 42.5 Å². The van der Waals surface area contributed by atoms with Crippen LogP contribution in [-0.2, 0) is 24.4 Å². The molecule has 4 nitrogen and oxygen atoms in total. The van der Waals surface area contributed by atoms with Gasteiger partial charge in [0.05, 0.1) is 19.3 Å². The van der Waals surface area contributed by atoms with Crippen molar-refractivity contribution >= 4 is 5.97 Å². The monoisotopic (exact) mass is 285 g/mol. The Morgan fingerprint density at radius 1 is 1.05 bits per heavy atom. The number of hydrogen-bond acceptors (Lipinski definition) is 4. The van der Waals surface area contributed by atoms with Gasteiger partial charge in [0, 0.05) is 13.1 Å². The van der Waals surface area contributed by atoms with Crippen LogP contribution in [0.5, 0.6) is 0 Å². The predicted octanol–water partition coefficient (Wildman–Crippen LogP) is 2.26. The van der Waals surface area contributed by atoms with Crippen molar-refractivity contribution in [2.45, 2.75) is 19.7 Å². The molecule has 0 spiro atoms. The highest BCUT2D eigenvalue weighted by molar-refractivity contribution is 5.90. The summed E-state index contributed by atoms with van der Waals surface area (Å²) in [4.78, 5) is 11.7. The summed E-state index contributed by atoms with van der Waals surface area (Å²) in [7, 11) is 1.38. The van der Waals surface area contributed by atoms with E-state index >= 15 is 0 Å². The van der Waals surface area contributed by atoms with E-state index in [4.69, 9.17) is 9.84 Å². The van der Waals surface area contributed by atoms with E-state index in [0.717, 1.165) is 16.7 Å². The summed E-state index contributed by atoms with van der Waals surface area (Å²) in [5.74, 6) is -0.320. The molecular weight excluding hydrogens is 266 g/mol. The minimum atomic E-state index is -0.320. The van der Waals surface area contributed by atoms with Crippen LogP contribution in [0.25, 0.3) is 0 Å². The highest BCUT2D eigenvalue weighted by Gasteiger charge is 2.10. The lowest BCUT2D eigenvalue weighted by Crippen LogP contribution is -2.16. The van der Waals surface area contributed by atoms with Crippen LogP contribution in [0.1, 0.15) is 27.0 Å². The molecule has 0 aliphatic heterocycles. The average Bonchev–Trinajstić information content (AvgIpc) is 2.55. The summed E-state index contributed by atoms with van der Waals surface area (Å²) in [5.41, 5.74) is 3.52. The summed E-state index contributed by atoms with van der Waals surface area (Å²) < 4.78 is 4.78. The van der Waals surface area contributed by atoms with Crippen molar-refractivity contribution in [1.29, 1.82) is 0 Å². The maximum absolute atomic E-state index is 11.7. The van der Waals surface area contributed by atoms with Gasteiger partial charge in [0.25, 0.3) is 0 Å². The first-order valence-electron chi connectivity index (χ1n) is 6.80. The maximum Gasteiger partial charge on any atom is 0.338 e. The summed E-state index contributed by atoms with van der Waals surface area (Å²) >= 11 is 0. The fourth-order valence-corrected chi connectivity index (χ4v) is 2.09. The first-order chi connectivity index (χ1) is 10.2. The van der Waals surface area contributed by atoms with Crippen LogP contribution in [-0.4, -0.2) is 18.2 Å². The molecule has 4 heteroatoms. The summed E-state index contributed by atoms with van der Waals surface area (Å²) in [5, 5.41) is 12.3. The van der Waals surface area contributed by atoms with E-state index in [1.807, 2.05) is 42.5 Å². The molecule has 110 valence electrons. The predicted molar refractivity (Wildman–Crippen MR) is 80.7 cm³/mol. The molecule has 2 rings (SSSR count). The van der Waals surface area contributed by atoms with Gasteiger partial charge in [0.1, 0.15) is 0 Å². The molecule has 2 aromatic carbocycles. The number of esters is 1. The third-order valence-electron chi connectivity index (χ3n) is 3.27. The Morgan fingerprint density at radius 3 is 2.38 bits per heavy atom. The molecule has 0 aromatic heterocycles. The molecule has 0 unspecified atom stereocenters. The number of hydrogen-bond donors (Lipinski definition) is 2. The van der Waals surface area contributed by atoms with Gasteiger partial charge in [-0.2, -0.15) is 0 Å². The van der Waals surface area contributed by atoms with Gasteiger partial charge in [-0.3, -0.25) is 0 Å². The topological polar surface area (TPSA) is 58.6 Å². The first-order valence-corrected chi connectivity index (χ1v) is 6.80. The van der Waals surface area contributed by atoms with Crippen LogP contribution in [0.2, 0.25) is 0 Å². The standard InChI is InChI=1S/C17H19NO3/c1-21-17(20)16-5-3-2-4-15(16)11-18-10-13-6-8-14(12-19)9-7-13/h2-9,18-19H,10-12H2,1H3. The fourth-order valence-electron chi connectivity index (χ4n) is 2.09. The van der Waals surface area contributed by atoms with Crippen molar-refractivity contribution in [3.8, 4) is 0 Å². The van der Waals surface area contributed by atoms with Gasteiger partial charge in [0.15, 0.2) is 0 Å². The largest absolute Gasteiger partial charge is 0.465 e. The molecule has 0 bridgehead atoms. The van der Waals surface area contributed by atoms with E-state index in [9.17, 15) is 4.79 Å². The molecule has 2 aromatic rings. The zero-order valence-corrected chi connectivity index (χ0v) is 12.0. The lowest BCUT2D eigenvalue weighted by molar-refractivity contribution is 0.0599. The third kappa shape index (κ3) is 4.15. The summed E-state index contributed by atoms with van der Waals surface area (Å²) in [6, 6.07) is 15.2. The zero-order chi connectivity index (χ0) is 15.1. The normalized spacial score (nSPS) is 10.4. The fraction of sp³-hybridized carbons (Fsp3) is 0.235. The molecule has 0 saturated heterocycles. The van der Waals surface area contributed by atoms with Gasteiger partial charge >= 0.3 is 5.97 Å². The van der Waals surface area contributed by atoms with Crippen LogP contribution in [0.3, 0.4) is 0 Å². The minimum Gasteiger partial charge on any atom is -0.465 e. The van der Waals surface area contributed by atoms with Crippen molar-refractivity contribution in [1.82, 2.24) is 5.32 Å². The maximum atomic E-state index is 11.7. The van der Waals surface area contributed by atoms with Crippen molar-refractivity contribution < 1.29 is 14.6 Å². The molecule has 0 aliphatic rings. The summed E-state index contributed by atoms with van der Waals surface area (Å²) in [6.07, 6.45) is 0. The Kier molecular flexibility index (Phi) is 5.49. The van der Waals surface area contributed by atoms with E-state index in [0.29, 0.717) is 18.7 Å². The zero-order valence-electron chi connectivity index (χ0n) is 12.0. The van der Waals surface area contributed by atoms with Gasteiger partial charge in [-0.15, -0.1) is 0 Å². The molecule has 21 heavy (non-hydrogen) atoms. The van der Waals surface area contributed by atoms with E-state index in [2.05, 4.69) is 5.32 Å². The third-order valence-corrected chi connectivity index (χ3v) is 3.27. The quantitative estimate of drug-likeness (QED) is 0.799. The smallest absolute Gasteiger partial charge is 0.338 e. The number of nitrogens with one attached hydrogen (secondary N) is 1. The molecule has 0 atom stereocenters. The molecular formula is C17H19NO3. The number of rotatable bonds is 6. The Labute approximate surface area is 124 Å². The molecule has 0 amide bonds. The van der Waals surface area contributed by atoms with Gasteiger partial charge in [-0.25, -0.2) is 4.79 Å². The van der Waals surface area contributed by atoms with Gasteiger partial charge in [0.2, 0.25) is 0 Å². The molecule has 2 N–H and O–H groups in total. The number of benzene rings is 2. The molecule has 0 aliphatic carbocycles. The van der Waals surface area contributed by atoms with Crippen LogP contribution >= 0.6 is 0 Å². The van der Waals surface area contributed by atoms with Crippen molar-refractivity contribution in [3.63, 3.8) is 0 Å². The van der Waals surface area contributed by atoms with Crippen molar-refractivity contribution in [2.75, 3.05) is 7.11 Å². The molecule has 0 radical (unpaired) electrons. The number of ether oxygens (including phenoxy) is 1.